The summed E-state index contributed by atoms with van der Waals surface area (Å²) in [7, 11) is -3.91. The highest BCUT2D eigenvalue weighted by atomic mass is 32.2. The topological polar surface area (TPSA) is 101 Å². The number of carboxylic acids is 1. The summed E-state index contributed by atoms with van der Waals surface area (Å²) < 4.78 is 28.0. The third-order valence-electron chi connectivity index (χ3n) is 2.32. The molecule has 102 valence electrons. The van der Waals surface area contributed by atoms with Crippen LogP contribution >= 0.6 is 11.3 Å². The molecule has 19 heavy (non-hydrogen) atoms. The van der Waals surface area contributed by atoms with Gasteiger partial charge in [0.2, 0.25) is 0 Å². The fraction of sp³-hybridized carbons (Fsp3) is 0.200. The van der Waals surface area contributed by atoms with Gasteiger partial charge in [-0.15, -0.1) is 11.3 Å². The molecule has 9 heteroatoms. The molecule has 0 unspecified atom stereocenters. The zero-order valence-electron chi connectivity index (χ0n) is 9.90. The second-order valence-electron chi connectivity index (χ2n) is 3.61. The molecule has 7 nitrogen and oxygen atoms in total. The molecule has 0 spiro atoms. The van der Waals surface area contributed by atoms with Gasteiger partial charge < -0.3 is 5.11 Å². The highest BCUT2D eigenvalue weighted by Gasteiger charge is 2.24. The first-order valence-electron chi connectivity index (χ1n) is 5.30. The van der Waals surface area contributed by atoms with E-state index in [4.69, 9.17) is 5.11 Å². The van der Waals surface area contributed by atoms with Crippen LogP contribution in [-0.4, -0.2) is 29.3 Å². The van der Waals surface area contributed by atoms with Crippen LogP contribution in [0.15, 0.2) is 28.7 Å². The summed E-state index contributed by atoms with van der Waals surface area (Å²) in [4.78, 5) is 10.5. The van der Waals surface area contributed by atoms with E-state index < -0.39 is 16.0 Å². The maximum absolute atomic E-state index is 12.1. The van der Waals surface area contributed by atoms with E-state index in [2.05, 4.69) is 9.82 Å². The first-order valence-corrected chi connectivity index (χ1v) is 7.66. The third kappa shape index (κ3) is 2.76. The minimum Gasteiger partial charge on any atom is -0.477 e. The van der Waals surface area contributed by atoms with E-state index in [9.17, 15) is 13.2 Å². The van der Waals surface area contributed by atoms with E-state index in [1.807, 2.05) is 6.92 Å². The number of nitrogens with one attached hydrogen (secondary N) is 1. The summed E-state index contributed by atoms with van der Waals surface area (Å²) in [5.74, 6) is -1.26. The smallest absolute Gasteiger partial charge is 0.347 e. The Morgan fingerprint density at radius 1 is 1.58 bits per heavy atom. The average Bonchev–Trinajstić information content (AvgIpc) is 2.95. The molecule has 0 fully saturated rings. The summed E-state index contributed by atoms with van der Waals surface area (Å²) in [6.45, 7) is 2.48. The van der Waals surface area contributed by atoms with Crippen LogP contribution in [-0.2, 0) is 16.6 Å². The highest BCUT2D eigenvalue weighted by molar-refractivity contribution is 7.93. The van der Waals surface area contributed by atoms with Gasteiger partial charge in [0.25, 0.3) is 10.0 Å². The molecule has 2 heterocycles. The van der Waals surface area contributed by atoms with Crippen LogP contribution in [0.5, 0.6) is 0 Å². The number of sulfonamides is 1. The lowest BCUT2D eigenvalue weighted by molar-refractivity contribution is 0.0698. The maximum atomic E-state index is 12.1. The van der Waals surface area contributed by atoms with Gasteiger partial charge in [-0.3, -0.25) is 9.40 Å². The number of carboxylic acid groups (broad SMARTS) is 1. The standard InChI is InChI=1S/C10H11N3O4S2/c1-2-13-6-7(5-11-13)12-19(16,17)8-3-4-18-9(8)10(14)15/h3-6,12H,2H2,1H3,(H,14,15). The second kappa shape index (κ2) is 5.02. The number of aromatic nitrogens is 2. The molecular weight excluding hydrogens is 290 g/mol. The molecular formula is C10H11N3O4S2. The first-order chi connectivity index (χ1) is 8.94. The zero-order valence-corrected chi connectivity index (χ0v) is 11.5. The van der Waals surface area contributed by atoms with Crippen LogP contribution in [0.3, 0.4) is 0 Å². The second-order valence-corrected chi connectivity index (χ2v) is 6.18. The monoisotopic (exact) mass is 301 g/mol. The molecule has 0 saturated carbocycles. The van der Waals surface area contributed by atoms with Gasteiger partial charge >= 0.3 is 5.97 Å². The van der Waals surface area contributed by atoms with Gasteiger partial charge in [0.1, 0.15) is 9.77 Å². The first kappa shape index (κ1) is 13.6. The van der Waals surface area contributed by atoms with E-state index in [0.29, 0.717) is 12.2 Å². The molecule has 2 aromatic rings. The number of anilines is 1. The number of carbonyl (C=O) groups is 1. The Bertz CT molecular complexity index is 702. The van der Waals surface area contributed by atoms with Gasteiger partial charge in [0, 0.05) is 12.7 Å². The lowest BCUT2D eigenvalue weighted by Gasteiger charge is -2.04. The number of aromatic carboxylic acids is 1. The number of nitrogens with zero attached hydrogens (tertiary/aromatic N) is 2. The minimum absolute atomic E-state index is 0.213. The van der Waals surface area contributed by atoms with Crippen molar-refractivity contribution in [3.05, 3.63) is 28.7 Å². The van der Waals surface area contributed by atoms with Crippen molar-refractivity contribution in [1.29, 1.82) is 0 Å². The SMILES string of the molecule is CCn1cc(NS(=O)(=O)c2ccsc2C(=O)O)cn1. The van der Waals surface area contributed by atoms with Crippen LogP contribution in [0.4, 0.5) is 5.69 Å². The van der Waals surface area contributed by atoms with Crippen molar-refractivity contribution in [2.45, 2.75) is 18.4 Å². The average molecular weight is 301 g/mol. The van der Waals surface area contributed by atoms with Crippen LogP contribution in [0.25, 0.3) is 0 Å². The lowest BCUT2D eigenvalue weighted by Crippen LogP contribution is -2.14. The maximum Gasteiger partial charge on any atom is 0.347 e. The highest BCUT2D eigenvalue weighted by Crippen LogP contribution is 2.24. The normalized spacial score (nSPS) is 11.4. The predicted octanol–water partition coefficient (Wildman–Crippen LogP) is 1.46. The fourth-order valence-corrected chi connectivity index (χ4v) is 3.75. The van der Waals surface area contributed by atoms with Gasteiger partial charge in [-0.05, 0) is 18.4 Å². The van der Waals surface area contributed by atoms with Gasteiger partial charge in [-0.1, -0.05) is 0 Å². The molecule has 0 aliphatic heterocycles. The van der Waals surface area contributed by atoms with E-state index in [-0.39, 0.29) is 9.77 Å². The van der Waals surface area contributed by atoms with Crippen molar-refractivity contribution < 1.29 is 18.3 Å². The minimum atomic E-state index is -3.91. The fourth-order valence-electron chi connectivity index (χ4n) is 1.46. The number of aryl methyl sites for hydroxylation is 1. The van der Waals surface area contributed by atoms with Crippen molar-refractivity contribution in [2.24, 2.45) is 0 Å². The number of rotatable bonds is 5. The summed E-state index contributed by atoms with van der Waals surface area (Å²) in [5.41, 5.74) is 0.296. The van der Waals surface area contributed by atoms with Gasteiger partial charge in [-0.2, -0.15) is 5.10 Å². The van der Waals surface area contributed by atoms with Crippen molar-refractivity contribution >= 4 is 33.0 Å². The Labute approximate surface area is 113 Å². The van der Waals surface area contributed by atoms with Crippen LogP contribution in [0, 0.1) is 0 Å². The predicted molar refractivity (Wildman–Crippen MR) is 70.0 cm³/mol. The quantitative estimate of drug-likeness (QED) is 0.870. The summed E-state index contributed by atoms with van der Waals surface area (Å²) in [6, 6.07) is 1.26. The molecule has 0 aliphatic carbocycles. The number of thiophene rings is 1. The van der Waals surface area contributed by atoms with Crippen molar-refractivity contribution in [3.8, 4) is 0 Å². The summed E-state index contributed by atoms with van der Waals surface area (Å²) >= 11 is 0.865. The molecule has 2 rings (SSSR count). The molecule has 2 aromatic heterocycles. The van der Waals surface area contributed by atoms with E-state index in [1.54, 1.807) is 4.68 Å². The molecule has 0 bridgehead atoms. The lowest BCUT2D eigenvalue weighted by atomic mass is 10.5. The zero-order chi connectivity index (χ0) is 14.0. The Kier molecular flexibility index (Phi) is 3.58. The van der Waals surface area contributed by atoms with E-state index >= 15 is 0 Å². The van der Waals surface area contributed by atoms with E-state index in [1.165, 1.54) is 23.8 Å². The Balaban J connectivity index is 2.32. The summed E-state index contributed by atoms with van der Waals surface area (Å²) in [5, 5.41) is 14.3. The molecule has 0 radical (unpaired) electrons. The molecule has 0 aromatic carbocycles. The number of hydrogen-bond acceptors (Lipinski definition) is 5. The van der Waals surface area contributed by atoms with Gasteiger partial charge in [-0.25, -0.2) is 13.2 Å². The van der Waals surface area contributed by atoms with Crippen molar-refractivity contribution in [2.75, 3.05) is 4.72 Å². The van der Waals surface area contributed by atoms with Crippen LogP contribution < -0.4 is 4.72 Å². The van der Waals surface area contributed by atoms with Gasteiger partial charge in [0.05, 0.1) is 11.9 Å². The van der Waals surface area contributed by atoms with Gasteiger partial charge in [0.15, 0.2) is 0 Å². The molecule has 0 amide bonds. The molecule has 0 saturated heterocycles. The molecule has 0 atom stereocenters. The van der Waals surface area contributed by atoms with Crippen molar-refractivity contribution in [3.63, 3.8) is 0 Å². The Hall–Kier alpha value is -1.87. The van der Waals surface area contributed by atoms with Crippen LogP contribution in [0.1, 0.15) is 16.6 Å². The van der Waals surface area contributed by atoms with Crippen molar-refractivity contribution in [1.82, 2.24) is 9.78 Å². The largest absolute Gasteiger partial charge is 0.477 e. The Morgan fingerprint density at radius 3 is 2.89 bits per heavy atom. The number of hydrogen-bond donors (Lipinski definition) is 2. The van der Waals surface area contributed by atoms with Crippen LogP contribution in [0.2, 0.25) is 0 Å². The molecule has 0 aliphatic rings. The van der Waals surface area contributed by atoms with E-state index in [0.717, 1.165) is 11.3 Å². The Morgan fingerprint density at radius 2 is 2.32 bits per heavy atom. The third-order valence-corrected chi connectivity index (χ3v) is 4.78. The molecule has 2 N–H and O–H groups in total. The summed E-state index contributed by atoms with van der Waals surface area (Å²) in [6.07, 6.45) is 2.90.